The highest BCUT2D eigenvalue weighted by Crippen LogP contribution is 2.01. The lowest BCUT2D eigenvalue weighted by molar-refractivity contribution is -0.117. The van der Waals surface area contributed by atoms with E-state index in [1.54, 1.807) is 0 Å². The summed E-state index contributed by atoms with van der Waals surface area (Å²) < 4.78 is 0. The lowest BCUT2D eigenvalue weighted by Crippen LogP contribution is -2.39. The number of Topliss-reactive ketones (excluding diaryl/α,β-unsaturated/α-hetero) is 1. The number of nitrogens with one attached hydrogen (secondary N) is 1. The standard InChI is InChI=1S/C13H19NO/c1-13(2,3)14-10-12(15)9-11-7-5-4-6-8-11/h4-8,14H,9-10H2,1-3H3. The van der Waals surface area contributed by atoms with E-state index in [1.807, 2.05) is 30.3 Å². The lowest BCUT2D eigenvalue weighted by Gasteiger charge is -2.19. The van der Waals surface area contributed by atoms with Crippen LogP contribution in [0.5, 0.6) is 0 Å². The second-order valence-corrected chi connectivity index (χ2v) is 4.80. The maximum absolute atomic E-state index is 11.6. The van der Waals surface area contributed by atoms with Crippen LogP contribution in [-0.4, -0.2) is 17.9 Å². The molecule has 2 nitrogen and oxygen atoms in total. The minimum absolute atomic E-state index is 0.00630. The van der Waals surface area contributed by atoms with E-state index in [1.165, 1.54) is 0 Å². The van der Waals surface area contributed by atoms with Gasteiger partial charge in [-0.2, -0.15) is 0 Å². The Labute approximate surface area is 91.7 Å². The van der Waals surface area contributed by atoms with E-state index in [0.717, 1.165) is 5.56 Å². The fraction of sp³-hybridized carbons (Fsp3) is 0.462. The number of hydrogen-bond donors (Lipinski definition) is 1. The number of carbonyl (C=O) groups excluding carboxylic acids is 1. The third-order valence-corrected chi connectivity index (χ3v) is 2.06. The lowest BCUT2D eigenvalue weighted by atomic mass is 10.1. The number of hydrogen-bond acceptors (Lipinski definition) is 2. The summed E-state index contributed by atoms with van der Waals surface area (Å²) in [5.41, 5.74) is 1.09. The van der Waals surface area contributed by atoms with Crippen LogP contribution >= 0.6 is 0 Å². The fourth-order valence-electron chi connectivity index (χ4n) is 1.25. The van der Waals surface area contributed by atoms with Crippen LogP contribution in [0.4, 0.5) is 0 Å². The second kappa shape index (κ2) is 5.08. The summed E-state index contributed by atoms with van der Waals surface area (Å²) >= 11 is 0. The first-order chi connectivity index (χ1) is 6.97. The molecule has 0 atom stereocenters. The van der Waals surface area contributed by atoms with E-state index in [4.69, 9.17) is 0 Å². The molecule has 0 spiro atoms. The molecule has 0 fully saturated rings. The van der Waals surface area contributed by atoms with Crippen LogP contribution in [0.15, 0.2) is 30.3 Å². The fourth-order valence-corrected chi connectivity index (χ4v) is 1.25. The summed E-state index contributed by atoms with van der Waals surface area (Å²) in [5.74, 6) is 0.233. The second-order valence-electron chi connectivity index (χ2n) is 4.80. The van der Waals surface area contributed by atoms with Crippen LogP contribution in [0.25, 0.3) is 0 Å². The van der Waals surface area contributed by atoms with Crippen LogP contribution < -0.4 is 5.32 Å². The monoisotopic (exact) mass is 205 g/mol. The minimum atomic E-state index is 0.00630. The molecular weight excluding hydrogens is 186 g/mol. The molecule has 0 radical (unpaired) electrons. The van der Waals surface area contributed by atoms with Gasteiger partial charge < -0.3 is 5.32 Å². The Hall–Kier alpha value is -1.15. The molecule has 1 aromatic carbocycles. The molecule has 0 heterocycles. The topological polar surface area (TPSA) is 29.1 Å². The van der Waals surface area contributed by atoms with Crippen molar-refractivity contribution in [1.82, 2.24) is 5.32 Å². The van der Waals surface area contributed by atoms with Crippen molar-refractivity contribution in [2.75, 3.05) is 6.54 Å². The van der Waals surface area contributed by atoms with Crippen molar-refractivity contribution in [2.45, 2.75) is 32.7 Å². The van der Waals surface area contributed by atoms with E-state index < -0.39 is 0 Å². The number of rotatable bonds is 4. The van der Waals surface area contributed by atoms with Crippen molar-refractivity contribution in [1.29, 1.82) is 0 Å². The van der Waals surface area contributed by atoms with E-state index in [0.29, 0.717) is 13.0 Å². The molecule has 1 aromatic rings. The molecule has 0 bridgehead atoms. The van der Waals surface area contributed by atoms with Gasteiger partial charge in [0, 0.05) is 12.0 Å². The minimum Gasteiger partial charge on any atom is -0.305 e. The molecular formula is C13H19NO. The predicted octanol–water partition coefficient (Wildman–Crippen LogP) is 2.19. The molecule has 0 amide bonds. The normalized spacial score (nSPS) is 11.4. The summed E-state index contributed by atoms with van der Waals surface area (Å²) in [6, 6.07) is 9.84. The predicted molar refractivity (Wildman–Crippen MR) is 62.9 cm³/mol. The van der Waals surface area contributed by atoms with Crippen LogP contribution in [0, 0.1) is 0 Å². The molecule has 0 aliphatic carbocycles. The summed E-state index contributed by atoms with van der Waals surface area (Å²) in [6.07, 6.45) is 0.518. The Morgan fingerprint density at radius 2 is 1.80 bits per heavy atom. The maximum atomic E-state index is 11.6. The zero-order valence-corrected chi connectivity index (χ0v) is 9.71. The molecule has 0 saturated carbocycles. The average Bonchev–Trinajstić information content (AvgIpc) is 2.15. The van der Waals surface area contributed by atoms with Gasteiger partial charge in [-0.05, 0) is 26.3 Å². The largest absolute Gasteiger partial charge is 0.305 e. The van der Waals surface area contributed by atoms with E-state index in [2.05, 4.69) is 26.1 Å². The van der Waals surface area contributed by atoms with Gasteiger partial charge in [0.15, 0.2) is 5.78 Å². The van der Waals surface area contributed by atoms with Gasteiger partial charge in [0.05, 0.1) is 6.54 Å². The molecule has 1 rings (SSSR count). The zero-order valence-electron chi connectivity index (χ0n) is 9.71. The first-order valence-electron chi connectivity index (χ1n) is 5.28. The molecule has 0 unspecified atom stereocenters. The molecule has 0 saturated heterocycles. The molecule has 0 aliphatic heterocycles. The molecule has 0 aliphatic rings. The molecule has 0 aromatic heterocycles. The van der Waals surface area contributed by atoms with Gasteiger partial charge in [0.1, 0.15) is 0 Å². The smallest absolute Gasteiger partial charge is 0.150 e. The Bertz CT molecular complexity index is 311. The van der Waals surface area contributed by atoms with Crippen molar-refractivity contribution in [3.05, 3.63) is 35.9 Å². The first kappa shape index (κ1) is 11.9. The molecule has 82 valence electrons. The maximum Gasteiger partial charge on any atom is 0.150 e. The zero-order chi connectivity index (χ0) is 11.3. The highest BCUT2D eigenvalue weighted by Gasteiger charge is 2.11. The Kier molecular flexibility index (Phi) is 4.04. The van der Waals surface area contributed by atoms with Crippen LogP contribution in [0.1, 0.15) is 26.3 Å². The number of benzene rings is 1. The summed E-state index contributed by atoms with van der Waals surface area (Å²) in [6.45, 7) is 6.62. The highest BCUT2D eigenvalue weighted by atomic mass is 16.1. The van der Waals surface area contributed by atoms with Crippen LogP contribution in [0.3, 0.4) is 0 Å². The number of ketones is 1. The summed E-state index contributed by atoms with van der Waals surface area (Å²) in [4.78, 5) is 11.6. The van der Waals surface area contributed by atoms with E-state index >= 15 is 0 Å². The first-order valence-corrected chi connectivity index (χ1v) is 5.28. The van der Waals surface area contributed by atoms with Crippen molar-refractivity contribution in [3.63, 3.8) is 0 Å². The SMILES string of the molecule is CC(C)(C)NCC(=O)Cc1ccccc1. The van der Waals surface area contributed by atoms with Gasteiger partial charge >= 0.3 is 0 Å². The van der Waals surface area contributed by atoms with Gasteiger partial charge in [-0.15, -0.1) is 0 Å². The average molecular weight is 205 g/mol. The van der Waals surface area contributed by atoms with Gasteiger partial charge in [-0.25, -0.2) is 0 Å². The van der Waals surface area contributed by atoms with Crippen molar-refractivity contribution < 1.29 is 4.79 Å². The highest BCUT2D eigenvalue weighted by molar-refractivity contribution is 5.82. The quantitative estimate of drug-likeness (QED) is 0.816. The third kappa shape index (κ3) is 5.33. The Morgan fingerprint density at radius 1 is 1.20 bits per heavy atom. The van der Waals surface area contributed by atoms with Gasteiger partial charge in [0.2, 0.25) is 0 Å². The van der Waals surface area contributed by atoms with E-state index in [9.17, 15) is 4.79 Å². The number of carbonyl (C=O) groups is 1. The van der Waals surface area contributed by atoms with Crippen LogP contribution in [-0.2, 0) is 11.2 Å². The van der Waals surface area contributed by atoms with Gasteiger partial charge in [0.25, 0.3) is 0 Å². The van der Waals surface area contributed by atoms with Crippen molar-refractivity contribution in [2.24, 2.45) is 0 Å². The molecule has 15 heavy (non-hydrogen) atoms. The van der Waals surface area contributed by atoms with E-state index in [-0.39, 0.29) is 11.3 Å². The Morgan fingerprint density at radius 3 is 2.33 bits per heavy atom. The molecule has 1 N–H and O–H groups in total. The van der Waals surface area contributed by atoms with Gasteiger partial charge in [-0.1, -0.05) is 30.3 Å². The van der Waals surface area contributed by atoms with Crippen molar-refractivity contribution >= 4 is 5.78 Å². The molecule has 2 heteroatoms. The van der Waals surface area contributed by atoms with Crippen LogP contribution in [0.2, 0.25) is 0 Å². The summed E-state index contributed by atoms with van der Waals surface area (Å²) in [5, 5.41) is 3.19. The summed E-state index contributed by atoms with van der Waals surface area (Å²) in [7, 11) is 0. The Balaban J connectivity index is 2.38. The van der Waals surface area contributed by atoms with Gasteiger partial charge in [-0.3, -0.25) is 4.79 Å². The third-order valence-electron chi connectivity index (χ3n) is 2.06. The van der Waals surface area contributed by atoms with Crippen molar-refractivity contribution in [3.8, 4) is 0 Å².